The zero-order valence-corrected chi connectivity index (χ0v) is 13.0. The summed E-state index contributed by atoms with van der Waals surface area (Å²) in [5.41, 5.74) is 0.0675. The maximum Gasteiger partial charge on any atom is 0.257 e. The van der Waals surface area contributed by atoms with E-state index in [1.54, 1.807) is 24.3 Å². The summed E-state index contributed by atoms with van der Waals surface area (Å²) in [4.78, 5) is 27.2. The van der Waals surface area contributed by atoms with E-state index in [2.05, 4.69) is 10.3 Å². The van der Waals surface area contributed by atoms with Gasteiger partial charge < -0.3 is 15.4 Å². The number of carbonyl (C=O) groups excluding carboxylic acids is 1. The van der Waals surface area contributed by atoms with Crippen molar-refractivity contribution in [1.29, 1.82) is 0 Å². The number of hydrogen-bond acceptors (Lipinski definition) is 3. The van der Waals surface area contributed by atoms with Gasteiger partial charge in [0.2, 0.25) is 5.43 Å². The molecule has 1 amide bonds. The van der Waals surface area contributed by atoms with Crippen LogP contribution in [0.1, 0.15) is 15.9 Å². The molecule has 1 aromatic heterocycles. The van der Waals surface area contributed by atoms with E-state index in [9.17, 15) is 19.1 Å². The van der Waals surface area contributed by atoms with Gasteiger partial charge in [-0.1, -0.05) is 23.7 Å². The third-order valence-corrected chi connectivity index (χ3v) is 3.80. The summed E-state index contributed by atoms with van der Waals surface area (Å²) in [5.74, 6) is -1.75. The minimum atomic E-state index is -0.760. The molecule has 0 fully saturated rings. The number of pyridine rings is 1. The maximum absolute atomic E-state index is 13.4. The molecule has 0 aliphatic heterocycles. The second kappa shape index (κ2) is 6.33. The molecular formula is C17H12ClFN2O3. The van der Waals surface area contributed by atoms with E-state index in [1.165, 1.54) is 6.20 Å². The van der Waals surface area contributed by atoms with Crippen molar-refractivity contribution in [2.45, 2.75) is 6.54 Å². The molecule has 3 aromatic rings. The predicted octanol–water partition coefficient (Wildman–Crippen LogP) is 2.96. The van der Waals surface area contributed by atoms with Crippen molar-refractivity contribution in [2.75, 3.05) is 0 Å². The Balaban J connectivity index is 1.88. The molecule has 0 saturated carbocycles. The highest BCUT2D eigenvalue weighted by Gasteiger charge is 2.15. The van der Waals surface area contributed by atoms with Gasteiger partial charge in [0.15, 0.2) is 0 Å². The van der Waals surface area contributed by atoms with Gasteiger partial charge in [0.1, 0.15) is 17.1 Å². The van der Waals surface area contributed by atoms with E-state index in [1.807, 2.05) is 0 Å². The number of aromatic nitrogens is 1. The number of nitrogens with one attached hydrogen (secondary N) is 2. The lowest BCUT2D eigenvalue weighted by atomic mass is 10.1. The fourth-order valence-corrected chi connectivity index (χ4v) is 2.45. The topological polar surface area (TPSA) is 82.2 Å². The molecule has 122 valence electrons. The maximum atomic E-state index is 13.4. The Morgan fingerprint density at radius 1 is 1.25 bits per heavy atom. The summed E-state index contributed by atoms with van der Waals surface area (Å²) in [5, 5.41) is 12.8. The molecule has 0 saturated heterocycles. The molecule has 0 aliphatic carbocycles. The summed E-state index contributed by atoms with van der Waals surface area (Å²) < 4.78 is 13.4. The third kappa shape index (κ3) is 3.09. The zero-order chi connectivity index (χ0) is 17.3. The predicted molar refractivity (Wildman–Crippen MR) is 88.8 cm³/mol. The van der Waals surface area contributed by atoms with Crippen molar-refractivity contribution < 1.29 is 14.3 Å². The molecule has 24 heavy (non-hydrogen) atoms. The van der Waals surface area contributed by atoms with E-state index < -0.39 is 22.9 Å². The number of rotatable bonds is 3. The van der Waals surface area contributed by atoms with Crippen LogP contribution in [0.4, 0.5) is 4.39 Å². The molecule has 1 heterocycles. The molecule has 0 spiro atoms. The lowest BCUT2D eigenvalue weighted by molar-refractivity contribution is 0.0949. The van der Waals surface area contributed by atoms with Gasteiger partial charge in [0.05, 0.1) is 10.9 Å². The monoisotopic (exact) mass is 346 g/mol. The third-order valence-electron chi connectivity index (χ3n) is 3.54. The highest BCUT2D eigenvalue weighted by atomic mass is 35.5. The number of hydrogen-bond donors (Lipinski definition) is 3. The molecular weight excluding hydrogens is 335 g/mol. The molecule has 3 N–H and O–H groups in total. The zero-order valence-electron chi connectivity index (χ0n) is 12.3. The normalized spacial score (nSPS) is 10.8. The lowest BCUT2D eigenvalue weighted by Crippen LogP contribution is -2.28. The van der Waals surface area contributed by atoms with Crippen LogP contribution in [0.25, 0.3) is 10.9 Å². The number of benzene rings is 2. The van der Waals surface area contributed by atoms with Gasteiger partial charge in [-0.3, -0.25) is 9.59 Å². The summed E-state index contributed by atoms with van der Waals surface area (Å²) in [7, 11) is 0. The number of aromatic amines is 1. The number of phenols is 1. The van der Waals surface area contributed by atoms with Gasteiger partial charge >= 0.3 is 0 Å². The van der Waals surface area contributed by atoms with Gasteiger partial charge in [-0.15, -0.1) is 0 Å². The Bertz CT molecular complexity index is 984. The highest BCUT2D eigenvalue weighted by molar-refractivity contribution is 6.30. The van der Waals surface area contributed by atoms with Crippen LogP contribution >= 0.6 is 11.6 Å². The molecule has 0 aliphatic rings. The van der Waals surface area contributed by atoms with Gasteiger partial charge in [0, 0.05) is 23.8 Å². The average Bonchev–Trinajstić information content (AvgIpc) is 2.55. The Kier molecular flexibility index (Phi) is 4.22. The summed E-state index contributed by atoms with van der Waals surface area (Å²) in [6.07, 6.45) is 1.19. The second-order valence-corrected chi connectivity index (χ2v) is 5.62. The average molecular weight is 347 g/mol. The fraction of sp³-hybridized carbons (Fsp3) is 0.0588. The number of H-pyrrole nitrogens is 1. The first-order valence-corrected chi connectivity index (χ1v) is 7.40. The van der Waals surface area contributed by atoms with Crippen LogP contribution in [0.15, 0.2) is 47.4 Å². The summed E-state index contributed by atoms with van der Waals surface area (Å²) in [6, 6.07) is 8.75. The van der Waals surface area contributed by atoms with Crippen LogP contribution in [-0.4, -0.2) is 16.0 Å². The second-order valence-electron chi connectivity index (χ2n) is 5.19. The van der Waals surface area contributed by atoms with E-state index in [-0.39, 0.29) is 23.0 Å². The molecule has 0 radical (unpaired) electrons. The van der Waals surface area contributed by atoms with E-state index in [0.717, 1.165) is 17.7 Å². The van der Waals surface area contributed by atoms with Crippen molar-refractivity contribution >= 4 is 28.4 Å². The van der Waals surface area contributed by atoms with Gasteiger partial charge in [0.25, 0.3) is 5.91 Å². The number of fused-ring (bicyclic) bond motifs is 1. The van der Waals surface area contributed by atoms with Crippen LogP contribution < -0.4 is 10.7 Å². The summed E-state index contributed by atoms with van der Waals surface area (Å²) in [6.45, 7) is 0.210. The van der Waals surface area contributed by atoms with Crippen LogP contribution in [0.3, 0.4) is 0 Å². The standard InChI is InChI=1S/C17H12ClFN2O3/c18-10-3-1-9(2-4-10)7-21-17(24)13-8-20-15-12(16(13)23)5-11(19)6-14(15)22/h1-6,8,22H,7H2,(H,20,23)(H,21,24). The minimum Gasteiger partial charge on any atom is -0.506 e. The van der Waals surface area contributed by atoms with Gasteiger partial charge in [-0.2, -0.15) is 0 Å². The number of halogens is 2. The molecule has 0 bridgehead atoms. The van der Waals surface area contributed by atoms with E-state index in [0.29, 0.717) is 5.02 Å². The molecule has 0 unspecified atom stereocenters. The van der Waals surface area contributed by atoms with Crippen LogP contribution in [0, 0.1) is 5.82 Å². The number of amides is 1. The quantitative estimate of drug-likeness (QED) is 0.682. The number of carbonyl (C=O) groups is 1. The minimum absolute atomic E-state index is 0.0793. The van der Waals surface area contributed by atoms with E-state index >= 15 is 0 Å². The van der Waals surface area contributed by atoms with Crippen molar-refractivity contribution in [2.24, 2.45) is 0 Å². The Morgan fingerprint density at radius 2 is 1.96 bits per heavy atom. The van der Waals surface area contributed by atoms with Crippen LogP contribution in [0.2, 0.25) is 5.02 Å². The Morgan fingerprint density at radius 3 is 2.67 bits per heavy atom. The first-order valence-electron chi connectivity index (χ1n) is 7.02. The smallest absolute Gasteiger partial charge is 0.257 e. The SMILES string of the molecule is O=C(NCc1ccc(Cl)cc1)c1c[nH]c2c(O)cc(F)cc2c1=O. The lowest BCUT2D eigenvalue weighted by Gasteiger charge is -2.07. The molecule has 2 aromatic carbocycles. The largest absolute Gasteiger partial charge is 0.506 e. The van der Waals surface area contributed by atoms with Crippen LogP contribution in [-0.2, 0) is 6.54 Å². The van der Waals surface area contributed by atoms with Crippen molar-refractivity contribution in [1.82, 2.24) is 10.3 Å². The molecule has 3 rings (SSSR count). The molecule has 7 heteroatoms. The number of aromatic hydroxyl groups is 1. The number of phenolic OH excluding ortho intramolecular Hbond substituents is 1. The van der Waals surface area contributed by atoms with E-state index in [4.69, 9.17) is 11.6 Å². The molecule has 0 atom stereocenters. The summed E-state index contributed by atoms with van der Waals surface area (Å²) >= 11 is 5.79. The Labute approximate surface area is 140 Å². The molecule has 5 nitrogen and oxygen atoms in total. The van der Waals surface area contributed by atoms with Crippen LogP contribution in [0.5, 0.6) is 5.75 Å². The van der Waals surface area contributed by atoms with Crippen molar-refractivity contribution in [3.05, 3.63) is 74.8 Å². The first kappa shape index (κ1) is 16.0. The fourth-order valence-electron chi connectivity index (χ4n) is 2.33. The van der Waals surface area contributed by atoms with Gasteiger partial charge in [-0.05, 0) is 23.8 Å². The van der Waals surface area contributed by atoms with Crippen molar-refractivity contribution in [3.8, 4) is 5.75 Å². The highest BCUT2D eigenvalue weighted by Crippen LogP contribution is 2.21. The van der Waals surface area contributed by atoms with Crippen molar-refractivity contribution in [3.63, 3.8) is 0 Å². The Hall–Kier alpha value is -2.86. The first-order chi connectivity index (χ1) is 11.5. The van der Waals surface area contributed by atoms with Gasteiger partial charge in [-0.25, -0.2) is 4.39 Å².